The van der Waals surface area contributed by atoms with Crippen molar-refractivity contribution in [3.8, 4) is 11.5 Å². The number of amides is 2. The minimum Gasteiger partial charge on any atom is -0.497 e. The van der Waals surface area contributed by atoms with Crippen LogP contribution in [0.15, 0.2) is 42.5 Å². The van der Waals surface area contributed by atoms with Crippen LogP contribution in [-0.2, 0) is 16.1 Å². The summed E-state index contributed by atoms with van der Waals surface area (Å²) < 4.78 is 10.8. The van der Waals surface area contributed by atoms with Gasteiger partial charge in [0, 0.05) is 23.1 Å². The van der Waals surface area contributed by atoms with Gasteiger partial charge in [0.1, 0.15) is 17.5 Å². The third kappa shape index (κ3) is 7.64. The fraction of sp³-hybridized carbons (Fsp3) is 0.391. The predicted octanol–water partition coefficient (Wildman–Crippen LogP) is 4.57. The zero-order valence-electron chi connectivity index (χ0n) is 18.2. The summed E-state index contributed by atoms with van der Waals surface area (Å²) in [5, 5.41) is 3.80. The third-order valence-corrected chi connectivity index (χ3v) is 5.22. The monoisotopic (exact) mass is 466 g/mol. The molecule has 0 aliphatic heterocycles. The predicted molar refractivity (Wildman–Crippen MR) is 123 cm³/mol. The van der Waals surface area contributed by atoms with Gasteiger partial charge in [0.05, 0.1) is 7.11 Å². The first-order valence-corrected chi connectivity index (χ1v) is 10.7. The van der Waals surface area contributed by atoms with Gasteiger partial charge in [0.2, 0.25) is 5.91 Å². The highest BCUT2D eigenvalue weighted by molar-refractivity contribution is 6.35. The van der Waals surface area contributed by atoms with Gasteiger partial charge in [-0.2, -0.15) is 0 Å². The van der Waals surface area contributed by atoms with Crippen molar-refractivity contribution in [3.63, 3.8) is 0 Å². The molecule has 1 N–H and O–H groups in total. The van der Waals surface area contributed by atoms with E-state index in [0.717, 1.165) is 0 Å². The van der Waals surface area contributed by atoms with Crippen molar-refractivity contribution in [1.82, 2.24) is 10.2 Å². The summed E-state index contributed by atoms with van der Waals surface area (Å²) in [7, 11) is 1.57. The largest absolute Gasteiger partial charge is 0.497 e. The highest BCUT2D eigenvalue weighted by Crippen LogP contribution is 2.23. The van der Waals surface area contributed by atoms with Crippen molar-refractivity contribution < 1.29 is 19.1 Å². The number of rotatable bonds is 10. The van der Waals surface area contributed by atoms with E-state index in [1.54, 1.807) is 56.5 Å². The van der Waals surface area contributed by atoms with Crippen molar-refractivity contribution in [1.29, 1.82) is 0 Å². The van der Waals surface area contributed by atoms with Crippen molar-refractivity contribution in [2.24, 2.45) is 5.92 Å². The summed E-state index contributed by atoms with van der Waals surface area (Å²) in [5.41, 5.74) is 0.687. The SMILES string of the molecule is COc1ccc(OCC(=O)N(Cc2ccc(Cl)cc2Cl)[C@H](C)C(=O)NCC(C)C)cc1. The van der Waals surface area contributed by atoms with Gasteiger partial charge in [0.25, 0.3) is 5.91 Å². The minimum atomic E-state index is -0.711. The van der Waals surface area contributed by atoms with Crippen LogP contribution < -0.4 is 14.8 Å². The number of nitrogens with zero attached hydrogens (tertiary/aromatic N) is 1. The highest BCUT2D eigenvalue weighted by Gasteiger charge is 2.27. The summed E-state index contributed by atoms with van der Waals surface area (Å²) in [6, 6.07) is 11.3. The Morgan fingerprint density at radius 3 is 2.26 bits per heavy atom. The molecule has 0 aliphatic carbocycles. The smallest absolute Gasteiger partial charge is 0.261 e. The fourth-order valence-corrected chi connectivity index (χ4v) is 3.24. The number of benzene rings is 2. The first kappa shape index (κ1) is 24.8. The summed E-state index contributed by atoms with van der Waals surface area (Å²) in [6.07, 6.45) is 0. The van der Waals surface area contributed by atoms with Crippen LogP contribution in [0.2, 0.25) is 10.0 Å². The van der Waals surface area contributed by atoms with E-state index in [0.29, 0.717) is 39.6 Å². The second-order valence-electron chi connectivity index (χ2n) is 7.54. The molecule has 2 amide bonds. The van der Waals surface area contributed by atoms with Crippen molar-refractivity contribution >= 4 is 35.0 Å². The second kappa shape index (κ2) is 11.8. The molecule has 0 radical (unpaired) electrons. The number of carbonyl (C=O) groups is 2. The molecule has 0 unspecified atom stereocenters. The molecular formula is C23H28Cl2N2O4. The summed E-state index contributed by atoms with van der Waals surface area (Å²) in [4.78, 5) is 27.1. The molecule has 2 rings (SSSR count). The van der Waals surface area contributed by atoms with E-state index in [1.165, 1.54) is 4.90 Å². The van der Waals surface area contributed by atoms with E-state index < -0.39 is 6.04 Å². The number of ether oxygens (including phenoxy) is 2. The molecule has 6 nitrogen and oxygen atoms in total. The number of hydrogen-bond acceptors (Lipinski definition) is 4. The van der Waals surface area contributed by atoms with Gasteiger partial charge >= 0.3 is 0 Å². The lowest BCUT2D eigenvalue weighted by atomic mass is 10.1. The number of methoxy groups -OCH3 is 1. The van der Waals surface area contributed by atoms with Gasteiger partial charge in [-0.25, -0.2) is 0 Å². The Morgan fingerprint density at radius 2 is 1.68 bits per heavy atom. The Labute approximate surface area is 193 Å². The van der Waals surface area contributed by atoms with Crippen molar-refractivity contribution in [3.05, 3.63) is 58.1 Å². The van der Waals surface area contributed by atoms with Crippen molar-refractivity contribution in [2.45, 2.75) is 33.4 Å². The normalized spacial score (nSPS) is 11.7. The Balaban J connectivity index is 2.15. The Morgan fingerprint density at radius 1 is 1.03 bits per heavy atom. The van der Waals surface area contributed by atoms with Crippen LogP contribution in [0.25, 0.3) is 0 Å². The molecule has 2 aromatic rings. The number of halogens is 2. The molecule has 0 heterocycles. The standard InChI is InChI=1S/C23H28Cl2N2O4/c1-15(2)12-26-23(29)16(3)27(13-17-5-6-18(24)11-21(17)25)22(28)14-31-20-9-7-19(30-4)8-10-20/h5-11,15-16H,12-14H2,1-4H3,(H,26,29)/t16-/m1/s1. The summed E-state index contributed by atoms with van der Waals surface area (Å²) in [6.45, 7) is 6.14. The average Bonchev–Trinajstić information content (AvgIpc) is 2.75. The minimum absolute atomic E-state index is 0.150. The maximum absolute atomic E-state index is 13.0. The molecule has 2 aromatic carbocycles. The number of nitrogens with one attached hydrogen (secondary N) is 1. The molecule has 0 fully saturated rings. The van der Waals surface area contributed by atoms with Gasteiger partial charge in [-0.15, -0.1) is 0 Å². The molecule has 31 heavy (non-hydrogen) atoms. The van der Waals surface area contributed by atoms with E-state index in [4.69, 9.17) is 32.7 Å². The van der Waals surface area contributed by atoms with Gasteiger partial charge in [0.15, 0.2) is 6.61 Å². The summed E-state index contributed by atoms with van der Waals surface area (Å²) in [5.74, 6) is 0.929. The molecule has 0 aliphatic rings. The Kier molecular flexibility index (Phi) is 9.46. The van der Waals surface area contributed by atoms with E-state index in [-0.39, 0.29) is 25.0 Å². The van der Waals surface area contributed by atoms with E-state index >= 15 is 0 Å². The van der Waals surface area contributed by atoms with Crippen LogP contribution in [0.3, 0.4) is 0 Å². The lowest BCUT2D eigenvalue weighted by Crippen LogP contribution is -2.49. The third-order valence-electron chi connectivity index (χ3n) is 4.63. The zero-order chi connectivity index (χ0) is 23.0. The highest BCUT2D eigenvalue weighted by atomic mass is 35.5. The maximum atomic E-state index is 13.0. The molecule has 0 saturated carbocycles. The van der Waals surface area contributed by atoms with Crippen LogP contribution in [0, 0.1) is 5.92 Å². The van der Waals surface area contributed by atoms with E-state index in [2.05, 4.69) is 5.32 Å². The fourth-order valence-electron chi connectivity index (χ4n) is 2.77. The molecule has 0 bridgehead atoms. The van der Waals surface area contributed by atoms with Crippen LogP contribution in [-0.4, -0.2) is 43.0 Å². The van der Waals surface area contributed by atoms with E-state index in [9.17, 15) is 9.59 Å². The first-order chi connectivity index (χ1) is 14.7. The molecule has 0 spiro atoms. The van der Waals surface area contributed by atoms with Crippen molar-refractivity contribution in [2.75, 3.05) is 20.3 Å². The molecule has 0 saturated heterocycles. The van der Waals surface area contributed by atoms with Crippen LogP contribution >= 0.6 is 23.2 Å². The summed E-state index contributed by atoms with van der Waals surface area (Å²) >= 11 is 12.3. The van der Waals surface area contributed by atoms with Crippen LogP contribution in [0.4, 0.5) is 0 Å². The zero-order valence-corrected chi connectivity index (χ0v) is 19.7. The van der Waals surface area contributed by atoms with E-state index in [1.807, 2.05) is 13.8 Å². The van der Waals surface area contributed by atoms with Crippen LogP contribution in [0.1, 0.15) is 26.3 Å². The topological polar surface area (TPSA) is 67.9 Å². The molecular weight excluding hydrogens is 439 g/mol. The molecule has 168 valence electrons. The quantitative estimate of drug-likeness (QED) is 0.556. The second-order valence-corrected chi connectivity index (χ2v) is 8.38. The number of carbonyl (C=O) groups excluding carboxylic acids is 2. The van der Waals surface area contributed by atoms with Crippen LogP contribution in [0.5, 0.6) is 11.5 Å². The van der Waals surface area contributed by atoms with Gasteiger partial charge in [-0.3, -0.25) is 9.59 Å². The molecule has 8 heteroatoms. The number of hydrogen-bond donors (Lipinski definition) is 1. The Bertz CT molecular complexity index is 888. The maximum Gasteiger partial charge on any atom is 0.261 e. The van der Waals surface area contributed by atoms with Gasteiger partial charge < -0.3 is 19.7 Å². The molecule has 1 atom stereocenters. The van der Waals surface area contributed by atoms with Gasteiger partial charge in [-0.05, 0) is 54.8 Å². The lowest BCUT2D eigenvalue weighted by Gasteiger charge is -2.29. The van der Waals surface area contributed by atoms with Gasteiger partial charge in [-0.1, -0.05) is 43.1 Å². The molecule has 0 aromatic heterocycles. The lowest BCUT2D eigenvalue weighted by molar-refractivity contribution is -0.142. The average molecular weight is 467 g/mol. The first-order valence-electron chi connectivity index (χ1n) is 9.99. The Hall–Kier alpha value is -2.44.